The van der Waals surface area contributed by atoms with Crippen molar-refractivity contribution < 1.29 is 14.3 Å². The van der Waals surface area contributed by atoms with Gasteiger partial charge in [0.15, 0.2) is 0 Å². The first kappa shape index (κ1) is 16.3. The van der Waals surface area contributed by atoms with Crippen LogP contribution in [0.25, 0.3) is 0 Å². The number of amides is 2. The van der Waals surface area contributed by atoms with Crippen molar-refractivity contribution in [3.8, 4) is 0 Å². The maximum absolute atomic E-state index is 12.5. The zero-order chi connectivity index (χ0) is 16.3. The van der Waals surface area contributed by atoms with E-state index in [1.165, 1.54) is 4.90 Å². The lowest BCUT2D eigenvalue weighted by atomic mass is 9.86. The first-order chi connectivity index (χ1) is 10.3. The van der Waals surface area contributed by atoms with Gasteiger partial charge in [0.1, 0.15) is 11.6 Å². The van der Waals surface area contributed by atoms with E-state index in [1.807, 2.05) is 58.0 Å². The zero-order valence-electron chi connectivity index (χ0n) is 13.6. The summed E-state index contributed by atoms with van der Waals surface area (Å²) >= 11 is 0. The van der Waals surface area contributed by atoms with Gasteiger partial charge in [-0.3, -0.25) is 9.69 Å². The highest BCUT2D eigenvalue weighted by molar-refractivity contribution is 5.97. The standard InChI is InChI=1S/C17H24N2O3/c1-5-12-11-19(16(21)22-17(2,3)4)14(12)15(20)18-13-9-7-6-8-10-13/h6-10,12,14H,5,11H2,1-4H3,(H,18,20)/t12-,14+/m0/s1. The molecule has 0 bridgehead atoms. The van der Waals surface area contributed by atoms with E-state index in [4.69, 9.17) is 4.74 Å². The highest BCUT2D eigenvalue weighted by Crippen LogP contribution is 2.30. The van der Waals surface area contributed by atoms with Crippen LogP contribution in [0.2, 0.25) is 0 Å². The van der Waals surface area contributed by atoms with Gasteiger partial charge in [-0.05, 0) is 39.3 Å². The normalized spacial score (nSPS) is 21.0. The summed E-state index contributed by atoms with van der Waals surface area (Å²) in [6, 6.07) is 8.81. The lowest BCUT2D eigenvalue weighted by molar-refractivity contribution is -0.130. The summed E-state index contributed by atoms with van der Waals surface area (Å²) < 4.78 is 5.37. The van der Waals surface area contributed by atoms with E-state index < -0.39 is 17.7 Å². The third-order valence-electron chi connectivity index (χ3n) is 3.68. The number of benzene rings is 1. The van der Waals surface area contributed by atoms with E-state index in [-0.39, 0.29) is 11.8 Å². The van der Waals surface area contributed by atoms with Gasteiger partial charge in [-0.1, -0.05) is 25.1 Å². The van der Waals surface area contributed by atoms with Gasteiger partial charge in [0, 0.05) is 18.2 Å². The van der Waals surface area contributed by atoms with E-state index in [0.29, 0.717) is 6.54 Å². The number of rotatable bonds is 3. The van der Waals surface area contributed by atoms with Crippen LogP contribution in [0.15, 0.2) is 30.3 Å². The van der Waals surface area contributed by atoms with Gasteiger partial charge in [-0.25, -0.2) is 4.79 Å². The van der Waals surface area contributed by atoms with Gasteiger partial charge in [0.25, 0.3) is 0 Å². The molecular formula is C17H24N2O3. The molecule has 120 valence electrons. The molecule has 22 heavy (non-hydrogen) atoms. The van der Waals surface area contributed by atoms with Crippen LogP contribution < -0.4 is 5.32 Å². The molecule has 0 spiro atoms. The Bertz CT molecular complexity index is 537. The second-order valence-electron chi connectivity index (χ2n) is 6.60. The van der Waals surface area contributed by atoms with E-state index >= 15 is 0 Å². The summed E-state index contributed by atoms with van der Waals surface area (Å²) in [5.74, 6) is 0.0198. The molecule has 2 rings (SSSR count). The van der Waals surface area contributed by atoms with Crippen LogP contribution in [0.1, 0.15) is 34.1 Å². The molecule has 1 aliphatic rings. The number of likely N-dealkylation sites (tertiary alicyclic amines) is 1. The average Bonchev–Trinajstić information content (AvgIpc) is 2.36. The topological polar surface area (TPSA) is 58.6 Å². The highest BCUT2D eigenvalue weighted by atomic mass is 16.6. The van der Waals surface area contributed by atoms with Gasteiger partial charge in [0.05, 0.1) is 0 Å². The predicted molar refractivity (Wildman–Crippen MR) is 85.6 cm³/mol. The molecule has 2 amide bonds. The van der Waals surface area contributed by atoms with E-state index in [0.717, 1.165) is 12.1 Å². The maximum Gasteiger partial charge on any atom is 0.410 e. The fourth-order valence-electron chi connectivity index (χ4n) is 2.54. The Hall–Kier alpha value is -2.04. The molecule has 0 aliphatic carbocycles. The van der Waals surface area contributed by atoms with Crippen molar-refractivity contribution in [2.24, 2.45) is 5.92 Å². The summed E-state index contributed by atoms with van der Waals surface area (Å²) in [6.07, 6.45) is 0.428. The largest absolute Gasteiger partial charge is 0.444 e. The number of ether oxygens (including phenoxy) is 1. The van der Waals surface area contributed by atoms with Crippen LogP contribution in [0.5, 0.6) is 0 Å². The van der Waals surface area contributed by atoms with Crippen LogP contribution >= 0.6 is 0 Å². The average molecular weight is 304 g/mol. The lowest BCUT2D eigenvalue weighted by Crippen LogP contribution is -2.64. The Morgan fingerprint density at radius 3 is 2.45 bits per heavy atom. The van der Waals surface area contributed by atoms with Crippen LogP contribution in [0.3, 0.4) is 0 Å². The zero-order valence-corrected chi connectivity index (χ0v) is 13.6. The minimum absolute atomic E-state index is 0.157. The number of carbonyl (C=O) groups is 2. The van der Waals surface area contributed by atoms with E-state index in [1.54, 1.807) is 0 Å². The molecule has 1 N–H and O–H groups in total. The van der Waals surface area contributed by atoms with Crippen LogP contribution in [-0.2, 0) is 9.53 Å². The number of anilines is 1. The van der Waals surface area contributed by atoms with Crippen molar-refractivity contribution in [1.82, 2.24) is 4.90 Å². The quantitative estimate of drug-likeness (QED) is 0.932. The first-order valence-electron chi connectivity index (χ1n) is 7.67. The number of nitrogens with one attached hydrogen (secondary N) is 1. The molecule has 1 aromatic carbocycles. The molecule has 2 atom stereocenters. The molecule has 0 aromatic heterocycles. The van der Waals surface area contributed by atoms with Crippen molar-refractivity contribution in [1.29, 1.82) is 0 Å². The first-order valence-corrected chi connectivity index (χ1v) is 7.67. The van der Waals surface area contributed by atoms with Crippen molar-refractivity contribution >= 4 is 17.7 Å². The second kappa shape index (κ2) is 6.38. The van der Waals surface area contributed by atoms with Crippen LogP contribution in [-0.4, -0.2) is 35.1 Å². The molecule has 5 nitrogen and oxygen atoms in total. The molecule has 1 aliphatic heterocycles. The number of para-hydroxylation sites is 1. The Labute approximate surface area is 131 Å². The number of nitrogens with zero attached hydrogens (tertiary/aromatic N) is 1. The minimum Gasteiger partial charge on any atom is -0.444 e. The van der Waals surface area contributed by atoms with Gasteiger partial charge in [-0.15, -0.1) is 0 Å². The fraction of sp³-hybridized carbons (Fsp3) is 0.529. The molecule has 0 unspecified atom stereocenters. The molecular weight excluding hydrogens is 280 g/mol. The predicted octanol–water partition coefficient (Wildman–Crippen LogP) is 3.27. The molecule has 1 heterocycles. The van der Waals surface area contributed by atoms with Gasteiger partial charge < -0.3 is 10.1 Å². The molecule has 1 fully saturated rings. The minimum atomic E-state index is -0.561. The summed E-state index contributed by atoms with van der Waals surface area (Å²) in [4.78, 5) is 26.2. The van der Waals surface area contributed by atoms with Crippen molar-refractivity contribution in [3.63, 3.8) is 0 Å². The Morgan fingerprint density at radius 2 is 1.91 bits per heavy atom. The van der Waals surface area contributed by atoms with E-state index in [9.17, 15) is 9.59 Å². The van der Waals surface area contributed by atoms with Crippen LogP contribution in [0, 0.1) is 5.92 Å². The van der Waals surface area contributed by atoms with Crippen molar-refractivity contribution in [3.05, 3.63) is 30.3 Å². The fourth-order valence-corrected chi connectivity index (χ4v) is 2.54. The Kier molecular flexibility index (Phi) is 4.74. The molecule has 1 saturated heterocycles. The van der Waals surface area contributed by atoms with E-state index in [2.05, 4.69) is 5.32 Å². The number of hydrogen-bond donors (Lipinski definition) is 1. The smallest absolute Gasteiger partial charge is 0.410 e. The molecule has 0 saturated carbocycles. The summed E-state index contributed by atoms with van der Waals surface area (Å²) in [5.41, 5.74) is 0.174. The Balaban J connectivity index is 2.04. The van der Waals surface area contributed by atoms with Crippen LogP contribution in [0.4, 0.5) is 10.5 Å². The Morgan fingerprint density at radius 1 is 1.27 bits per heavy atom. The number of hydrogen-bond acceptors (Lipinski definition) is 3. The van der Waals surface area contributed by atoms with Gasteiger partial charge in [0.2, 0.25) is 5.91 Å². The summed E-state index contributed by atoms with van der Waals surface area (Å²) in [7, 11) is 0. The van der Waals surface area contributed by atoms with Gasteiger partial charge in [-0.2, -0.15) is 0 Å². The third kappa shape index (κ3) is 3.78. The number of carbonyl (C=O) groups excluding carboxylic acids is 2. The summed E-state index contributed by atoms with van der Waals surface area (Å²) in [5, 5.41) is 2.87. The van der Waals surface area contributed by atoms with Gasteiger partial charge >= 0.3 is 6.09 Å². The maximum atomic E-state index is 12.5. The van der Waals surface area contributed by atoms with Crippen molar-refractivity contribution in [2.45, 2.75) is 45.8 Å². The SMILES string of the molecule is CC[C@H]1CN(C(=O)OC(C)(C)C)[C@H]1C(=O)Nc1ccccc1. The lowest BCUT2D eigenvalue weighted by Gasteiger charge is -2.46. The molecule has 5 heteroatoms. The third-order valence-corrected chi connectivity index (χ3v) is 3.68. The second-order valence-corrected chi connectivity index (χ2v) is 6.60. The molecule has 1 aromatic rings. The monoisotopic (exact) mass is 304 g/mol. The highest BCUT2D eigenvalue weighted by Gasteiger charge is 2.47. The summed E-state index contributed by atoms with van der Waals surface area (Å²) in [6.45, 7) is 8.06. The van der Waals surface area contributed by atoms with Crippen molar-refractivity contribution in [2.75, 3.05) is 11.9 Å². The molecule has 0 radical (unpaired) electrons.